The van der Waals surface area contributed by atoms with Crippen LogP contribution < -0.4 is 10.1 Å². The summed E-state index contributed by atoms with van der Waals surface area (Å²) in [6, 6.07) is 3.29. The van der Waals surface area contributed by atoms with Crippen molar-refractivity contribution >= 4 is 17.7 Å². The van der Waals surface area contributed by atoms with Gasteiger partial charge in [-0.25, -0.2) is 9.59 Å². The molecule has 0 heterocycles. The van der Waals surface area contributed by atoms with E-state index in [0.717, 1.165) is 11.1 Å². The maximum atomic E-state index is 11.6. The van der Waals surface area contributed by atoms with Crippen molar-refractivity contribution in [1.29, 1.82) is 0 Å². The number of benzene rings is 1. The first-order valence-corrected chi connectivity index (χ1v) is 6.54. The fraction of sp³-hybridized carbons (Fsp3) is 0.467. The number of hydrogen-bond acceptors (Lipinski definition) is 4. The van der Waals surface area contributed by atoms with Gasteiger partial charge in [0.15, 0.2) is 6.61 Å². The lowest BCUT2D eigenvalue weighted by Crippen LogP contribution is -2.27. The van der Waals surface area contributed by atoms with Gasteiger partial charge in [-0.3, -0.25) is 5.32 Å². The first-order chi connectivity index (χ1) is 9.58. The zero-order valence-electron chi connectivity index (χ0n) is 12.9. The molecule has 0 unspecified atom stereocenters. The van der Waals surface area contributed by atoms with E-state index < -0.39 is 17.7 Å². The molecule has 0 aromatic heterocycles. The van der Waals surface area contributed by atoms with Crippen molar-refractivity contribution in [1.82, 2.24) is 0 Å². The molecule has 6 heteroatoms. The molecule has 6 nitrogen and oxygen atoms in total. The summed E-state index contributed by atoms with van der Waals surface area (Å²) in [5, 5.41) is 11.0. The van der Waals surface area contributed by atoms with E-state index in [4.69, 9.17) is 14.6 Å². The summed E-state index contributed by atoms with van der Waals surface area (Å²) >= 11 is 0. The van der Waals surface area contributed by atoms with Gasteiger partial charge >= 0.3 is 12.1 Å². The predicted octanol–water partition coefficient (Wildman–Crippen LogP) is 3.11. The van der Waals surface area contributed by atoms with Gasteiger partial charge in [0, 0.05) is 5.69 Å². The number of amides is 1. The molecule has 1 rings (SSSR count). The summed E-state index contributed by atoms with van der Waals surface area (Å²) < 4.78 is 10.6. The topological polar surface area (TPSA) is 84.9 Å². The molecular weight excluding hydrogens is 274 g/mol. The van der Waals surface area contributed by atoms with Gasteiger partial charge in [-0.2, -0.15) is 0 Å². The van der Waals surface area contributed by atoms with E-state index in [1.54, 1.807) is 46.8 Å². The van der Waals surface area contributed by atoms with Crippen LogP contribution in [-0.4, -0.2) is 29.4 Å². The van der Waals surface area contributed by atoms with Crippen LogP contribution in [0.2, 0.25) is 0 Å². The zero-order chi connectivity index (χ0) is 16.2. The molecule has 1 aromatic carbocycles. The van der Waals surface area contributed by atoms with E-state index >= 15 is 0 Å². The molecule has 0 fully saturated rings. The Bertz CT molecular complexity index is 522. The van der Waals surface area contributed by atoms with Gasteiger partial charge in [-0.15, -0.1) is 0 Å². The minimum absolute atomic E-state index is 0.190. The molecule has 0 bridgehead atoms. The third kappa shape index (κ3) is 5.72. The molecule has 2 N–H and O–H groups in total. The molecule has 21 heavy (non-hydrogen) atoms. The monoisotopic (exact) mass is 295 g/mol. The van der Waals surface area contributed by atoms with Crippen LogP contribution in [0.3, 0.4) is 0 Å². The number of hydrogen-bond donors (Lipinski definition) is 2. The second kappa shape index (κ2) is 6.47. The fourth-order valence-corrected chi connectivity index (χ4v) is 1.88. The standard InChI is InChI=1S/C15H21NO5/c1-9-6-11(16-14(18)19)7-10(2)13(9)20-8-12(17)21-15(3,4)5/h6-7,16H,8H2,1-5H3,(H,18,19). The highest BCUT2D eigenvalue weighted by atomic mass is 16.6. The maximum Gasteiger partial charge on any atom is 0.409 e. The van der Waals surface area contributed by atoms with E-state index in [9.17, 15) is 9.59 Å². The first kappa shape index (κ1) is 16.8. The maximum absolute atomic E-state index is 11.6. The van der Waals surface area contributed by atoms with E-state index in [1.165, 1.54) is 0 Å². The number of esters is 1. The number of anilines is 1. The number of carbonyl (C=O) groups is 2. The third-order valence-electron chi connectivity index (χ3n) is 2.47. The van der Waals surface area contributed by atoms with Gasteiger partial charge in [-0.1, -0.05) is 0 Å². The number of rotatable bonds is 4. The van der Waals surface area contributed by atoms with Gasteiger partial charge in [0.05, 0.1) is 0 Å². The summed E-state index contributed by atoms with van der Waals surface area (Å²) in [4.78, 5) is 22.3. The molecular formula is C15H21NO5. The molecule has 0 aliphatic rings. The Morgan fingerprint density at radius 3 is 2.14 bits per heavy atom. The van der Waals surface area contributed by atoms with Crippen molar-refractivity contribution in [3.8, 4) is 5.75 Å². The molecule has 116 valence electrons. The van der Waals surface area contributed by atoms with E-state index in [1.807, 2.05) is 0 Å². The van der Waals surface area contributed by atoms with Crippen molar-refractivity contribution in [2.24, 2.45) is 0 Å². The normalized spacial score (nSPS) is 10.9. The van der Waals surface area contributed by atoms with E-state index in [-0.39, 0.29) is 6.61 Å². The van der Waals surface area contributed by atoms with Crippen LogP contribution in [0, 0.1) is 13.8 Å². The number of aryl methyl sites for hydroxylation is 2. The van der Waals surface area contributed by atoms with Gasteiger partial charge in [0.1, 0.15) is 11.4 Å². The van der Waals surface area contributed by atoms with Crippen molar-refractivity contribution in [3.05, 3.63) is 23.3 Å². The number of nitrogens with one attached hydrogen (secondary N) is 1. The largest absolute Gasteiger partial charge is 0.481 e. The minimum atomic E-state index is -1.13. The second-order valence-electron chi connectivity index (χ2n) is 5.74. The highest BCUT2D eigenvalue weighted by molar-refractivity contribution is 5.83. The van der Waals surface area contributed by atoms with Crippen LogP contribution in [0.5, 0.6) is 5.75 Å². The smallest absolute Gasteiger partial charge is 0.409 e. The molecule has 1 aromatic rings. The Balaban J connectivity index is 2.76. The molecule has 1 amide bonds. The van der Waals surface area contributed by atoms with Crippen LogP contribution in [0.1, 0.15) is 31.9 Å². The molecule has 0 atom stereocenters. The summed E-state index contributed by atoms with van der Waals surface area (Å²) in [6.45, 7) is 8.73. The Morgan fingerprint density at radius 1 is 1.19 bits per heavy atom. The van der Waals surface area contributed by atoms with E-state index in [0.29, 0.717) is 11.4 Å². The molecule has 0 aliphatic heterocycles. The lowest BCUT2D eigenvalue weighted by Gasteiger charge is -2.20. The average molecular weight is 295 g/mol. The van der Waals surface area contributed by atoms with E-state index in [2.05, 4.69) is 5.32 Å². The predicted molar refractivity (Wildman–Crippen MR) is 78.9 cm³/mol. The number of carboxylic acid groups (broad SMARTS) is 1. The Hall–Kier alpha value is -2.24. The number of ether oxygens (including phenoxy) is 2. The molecule has 0 saturated heterocycles. The summed E-state index contributed by atoms with van der Waals surface area (Å²) in [6.07, 6.45) is -1.13. The third-order valence-corrected chi connectivity index (χ3v) is 2.47. The molecule has 0 spiro atoms. The average Bonchev–Trinajstić information content (AvgIpc) is 2.23. The SMILES string of the molecule is Cc1cc(NC(=O)O)cc(C)c1OCC(=O)OC(C)(C)C. The van der Waals surface area contributed by atoms with Crippen molar-refractivity contribution in [2.75, 3.05) is 11.9 Å². The summed E-state index contributed by atoms with van der Waals surface area (Å²) in [7, 11) is 0. The quantitative estimate of drug-likeness (QED) is 0.834. The molecule has 0 saturated carbocycles. The van der Waals surface area contributed by atoms with Gasteiger partial charge in [-0.05, 0) is 57.9 Å². The highest BCUT2D eigenvalue weighted by Gasteiger charge is 2.17. The van der Waals surface area contributed by atoms with Crippen LogP contribution in [0.15, 0.2) is 12.1 Å². The summed E-state index contributed by atoms with van der Waals surface area (Å²) in [5.74, 6) is 0.103. The van der Waals surface area contributed by atoms with Crippen molar-refractivity contribution in [3.63, 3.8) is 0 Å². The lowest BCUT2D eigenvalue weighted by molar-refractivity contribution is -0.157. The Kier molecular flexibility index (Phi) is 5.18. The van der Waals surface area contributed by atoms with Crippen molar-refractivity contribution in [2.45, 2.75) is 40.2 Å². The first-order valence-electron chi connectivity index (χ1n) is 6.54. The van der Waals surface area contributed by atoms with Crippen LogP contribution in [0.4, 0.5) is 10.5 Å². The van der Waals surface area contributed by atoms with Crippen LogP contribution in [0.25, 0.3) is 0 Å². The minimum Gasteiger partial charge on any atom is -0.481 e. The Morgan fingerprint density at radius 2 is 1.71 bits per heavy atom. The molecule has 0 aliphatic carbocycles. The Labute approximate surface area is 124 Å². The number of carbonyl (C=O) groups excluding carboxylic acids is 1. The van der Waals surface area contributed by atoms with Crippen LogP contribution in [-0.2, 0) is 9.53 Å². The van der Waals surface area contributed by atoms with Gasteiger partial charge < -0.3 is 14.6 Å². The molecule has 0 radical (unpaired) electrons. The second-order valence-corrected chi connectivity index (χ2v) is 5.74. The zero-order valence-corrected chi connectivity index (χ0v) is 12.9. The van der Waals surface area contributed by atoms with Crippen LogP contribution >= 0.6 is 0 Å². The van der Waals surface area contributed by atoms with Gasteiger partial charge in [0.25, 0.3) is 0 Å². The van der Waals surface area contributed by atoms with Crippen molar-refractivity contribution < 1.29 is 24.2 Å². The highest BCUT2D eigenvalue weighted by Crippen LogP contribution is 2.27. The summed E-state index contributed by atoms with van der Waals surface area (Å²) in [5.41, 5.74) is 1.38. The lowest BCUT2D eigenvalue weighted by atomic mass is 10.1. The van der Waals surface area contributed by atoms with Gasteiger partial charge in [0.2, 0.25) is 0 Å². The fourth-order valence-electron chi connectivity index (χ4n) is 1.88.